The van der Waals surface area contributed by atoms with Crippen molar-refractivity contribution in [2.24, 2.45) is 10.4 Å². The van der Waals surface area contributed by atoms with Crippen LogP contribution in [0.5, 0.6) is 0 Å². The summed E-state index contributed by atoms with van der Waals surface area (Å²) in [5.41, 5.74) is 5.03. The van der Waals surface area contributed by atoms with Crippen molar-refractivity contribution in [1.29, 1.82) is 0 Å². The summed E-state index contributed by atoms with van der Waals surface area (Å²) < 4.78 is 0. The van der Waals surface area contributed by atoms with E-state index < -0.39 is 0 Å². The van der Waals surface area contributed by atoms with E-state index in [-0.39, 0.29) is 17.4 Å². The average Bonchev–Trinajstić information content (AvgIpc) is 3.28. The third-order valence-electron chi connectivity index (χ3n) is 5.65. The standard InChI is InChI=1S/C22H21N3OS/c1-22-10-4-11-23-19(22)8-7-15(13-22)24-20-17-5-2-3-6-18(17)25(21(20)26)16-9-12-27-14-16/h2-3,5-9,12-14,20,24H,4,10-11H2,1H3. The van der Waals surface area contributed by atoms with Gasteiger partial charge in [0.05, 0.1) is 11.4 Å². The number of nitrogens with one attached hydrogen (secondary N) is 1. The van der Waals surface area contributed by atoms with Crippen LogP contribution in [0.15, 0.2) is 70.0 Å². The van der Waals surface area contributed by atoms with Crippen molar-refractivity contribution in [3.05, 3.63) is 70.6 Å². The Labute approximate surface area is 162 Å². The molecule has 2 aromatic rings. The number of carbonyl (C=O) groups excluding carboxylic acids is 1. The number of hydrogen-bond donors (Lipinski definition) is 1. The Morgan fingerprint density at radius 3 is 3.00 bits per heavy atom. The molecule has 5 heteroatoms. The molecule has 2 unspecified atom stereocenters. The molecule has 3 aliphatic rings. The fraction of sp³-hybridized carbons (Fsp3) is 0.273. The number of thiophene rings is 1. The maximum absolute atomic E-state index is 13.3. The molecule has 2 atom stereocenters. The molecule has 0 saturated heterocycles. The molecule has 4 nitrogen and oxygen atoms in total. The highest BCUT2D eigenvalue weighted by Gasteiger charge is 2.39. The largest absolute Gasteiger partial charge is 0.370 e. The second-order valence-electron chi connectivity index (χ2n) is 7.51. The van der Waals surface area contributed by atoms with Gasteiger partial charge in [-0.2, -0.15) is 11.3 Å². The van der Waals surface area contributed by atoms with E-state index in [0.717, 1.165) is 47.7 Å². The number of allylic oxidation sites excluding steroid dienone is 3. The Bertz CT molecular complexity index is 989. The first-order valence-electron chi connectivity index (χ1n) is 9.33. The summed E-state index contributed by atoms with van der Waals surface area (Å²) in [6.07, 6.45) is 8.60. The summed E-state index contributed by atoms with van der Waals surface area (Å²) in [7, 11) is 0. The van der Waals surface area contributed by atoms with Gasteiger partial charge in [-0.25, -0.2) is 0 Å². The summed E-state index contributed by atoms with van der Waals surface area (Å²) in [6.45, 7) is 3.15. The molecule has 1 aliphatic carbocycles. The average molecular weight is 375 g/mol. The summed E-state index contributed by atoms with van der Waals surface area (Å²) in [4.78, 5) is 19.8. The number of benzene rings is 1. The Morgan fingerprint density at radius 1 is 1.26 bits per heavy atom. The van der Waals surface area contributed by atoms with Crippen molar-refractivity contribution < 1.29 is 4.79 Å². The molecule has 0 bridgehead atoms. The highest BCUT2D eigenvalue weighted by Crippen LogP contribution is 2.42. The first-order valence-corrected chi connectivity index (χ1v) is 10.3. The van der Waals surface area contributed by atoms with E-state index in [1.54, 1.807) is 11.3 Å². The number of rotatable bonds is 3. The van der Waals surface area contributed by atoms with Crippen LogP contribution in [-0.4, -0.2) is 18.2 Å². The molecule has 5 rings (SSSR count). The molecule has 2 aliphatic heterocycles. The number of carbonyl (C=O) groups is 1. The van der Waals surface area contributed by atoms with Gasteiger partial charge in [-0.3, -0.25) is 14.7 Å². The monoisotopic (exact) mass is 375 g/mol. The van der Waals surface area contributed by atoms with Crippen LogP contribution < -0.4 is 10.2 Å². The van der Waals surface area contributed by atoms with Gasteiger partial charge in [0.25, 0.3) is 5.91 Å². The lowest BCUT2D eigenvalue weighted by Crippen LogP contribution is -2.35. The lowest BCUT2D eigenvalue weighted by atomic mass is 9.75. The molecular weight excluding hydrogens is 354 g/mol. The minimum absolute atomic E-state index is 0.0381. The molecule has 3 heterocycles. The van der Waals surface area contributed by atoms with Crippen molar-refractivity contribution in [2.45, 2.75) is 25.8 Å². The van der Waals surface area contributed by atoms with Crippen molar-refractivity contribution in [3.8, 4) is 0 Å². The Balaban J connectivity index is 1.49. The van der Waals surface area contributed by atoms with E-state index in [2.05, 4.69) is 35.5 Å². The molecule has 27 heavy (non-hydrogen) atoms. The van der Waals surface area contributed by atoms with Gasteiger partial charge in [-0.1, -0.05) is 25.1 Å². The minimum atomic E-state index is -0.373. The topological polar surface area (TPSA) is 44.7 Å². The third-order valence-corrected chi connectivity index (χ3v) is 6.32. The van der Waals surface area contributed by atoms with Gasteiger partial charge in [0.1, 0.15) is 6.04 Å². The van der Waals surface area contributed by atoms with Gasteiger partial charge < -0.3 is 5.32 Å². The van der Waals surface area contributed by atoms with Crippen molar-refractivity contribution in [2.75, 3.05) is 11.4 Å². The predicted molar refractivity (Wildman–Crippen MR) is 111 cm³/mol. The van der Waals surface area contributed by atoms with Gasteiger partial charge in [0, 0.05) is 34.3 Å². The van der Waals surface area contributed by atoms with E-state index >= 15 is 0 Å². The van der Waals surface area contributed by atoms with E-state index in [9.17, 15) is 4.79 Å². The first-order chi connectivity index (χ1) is 13.2. The van der Waals surface area contributed by atoms with Crippen LogP contribution >= 0.6 is 11.3 Å². The summed E-state index contributed by atoms with van der Waals surface area (Å²) in [5.74, 6) is 0.0668. The normalized spacial score (nSPS) is 26.3. The quantitative estimate of drug-likeness (QED) is 0.841. The van der Waals surface area contributed by atoms with Crippen molar-refractivity contribution in [3.63, 3.8) is 0 Å². The van der Waals surface area contributed by atoms with Gasteiger partial charge in [0.2, 0.25) is 0 Å². The number of para-hydroxylation sites is 1. The molecule has 1 N–H and O–H groups in total. The molecule has 0 radical (unpaired) electrons. The van der Waals surface area contributed by atoms with Crippen LogP contribution in [0.4, 0.5) is 11.4 Å². The van der Waals surface area contributed by atoms with Crippen LogP contribution in [0.25, 0.3) is 0 Å². The van der Waals surface area contributed by atoms with Crippen LogP contribution in [0.2, 0.25) is 0 Å². The summed E-state index contributed by atoms with van der Waals surface area (Å²) in [5, 5.41) is 7.53. The van der Waals surface area contributed by atoms with Crippen LogP contribution in [-0.2, 0) is 4.79 Å². The van der Waals surface area contributed by atoms with Gasteiger partial charge >= 0.3 is 0 Å². The Morgan fingerprint density at radius 2 is 2.15 bits per heavy atom. The highest BCUT2D eigenvalue weighted by molar-refractivity contribution is 7.08. The molecular formula is C22H21N3OS. The molecule has 0 fully saturated rings. The number of nitrogens with zero attached hydrogens (tertiary/aromatic N) is 2. The van der Waals surface area contributed by atoms with Crippen LogP contribution in [0, 0.1) is 5.41 Å². The Hall–Kier alpha value is -2.66. The molecule has 136 valence electrons. The van der Waals surface area contributed by atoms with E-state index in [1.165, 1.54) is 0 Å². The fourth-order valence-corrected chi connectivity index (χ4v) is 4.89. The lowest BCUT2D eigenvalue weighted by molar-refractivity contribution is -0.119. The van der Waals surface area contributed by atoms with E-state index in [1.807, 2.05) is 46.0 Å². The van der Waals surface area contributed by atoms with Gasteiger partial charge in [-0.15, -0.1) is 0 Å². The van der Waals surface area contributed by atoms with Crippen molar-refractivity contribution >= 4 is 34.3 Å². The summed E-state index contributed by atoms with van der Waals surface area (Å²) in [6, 6.07) is 9.66. The highest BCUT2D eigenvalue weighted by atomic mass is 32.1. The zero-order valence-electron chi connectivity index (χ0n) is 15.2. The molecule has 1 aromatic carbocycles. The van der Waals surface area contributed by atoms with Crippen LogP contribution in [0.1, 0.15) is 31.4 Å². The fourth-order valence-electron chi connectivity index (χ4n) is 4.27. The van der Waals surface area contributed by atoms with Gasteiger partial charge in [0.15, 0.2) is 0 Å². The molecule has 1 aromatic heterocycles. The van der Waals surface area contributed by atoms with E-state index in [0.29, 0.717) is 0 Å². The van der Waals surface area contributed by atoms with Gasteiger partial charge in [-0.05, 0) is 48.6 Å². The van der Waals surface area contributed by atoms with Crippen LogP contribution in [0.3, 0.4) is 0 Å². The maximum Gasteiger partial charge on any atom is 0.258 e. The van der Waals surface area contributed by atoms with E-state index in [4.69, 9.17) is 0 Å². The smallest absolute Gasteiger partial charge is 0.258 e. The number of amides is 1. The predicted octanol–water partition coefficient (Wildman–Crippen LogP) is 4.75. The maximum atomic E-state index is 13.3. The number of fused-ring (bicyclic) bond motifs is 2. The third kappa shape index (κ3) is 2.65. The SMILES string of the molecule is CC12C=C(NC3C(=O)N(c4ccsc4)c4ccccc43)C=CC1=NCCC2. The molecule has 1 amide bonds. The zero-order chi connectivity index (χ0) is 18.4. The minimum Gasteiger partial charge on any atom is -0.370 e. The molecule has 0 saturated carbocycles. The Kier molecular flexibility index (Phi) is 3.79. The second-order valence-corrected chi connectivity index (χ2v) is 8.29. The first kappa shape index (κ1) is 16.5. The zero-order valence-corrected chi connectivity index (χ0v) is 16.0. The molecule has 0 spiro atoms. The number of hydrogen-bond acceptors (Lipinski definition) is 4. The van der Waals surface area contributed by atoms with Crippen molar-refractivity contribution in [1.82, 2.24) is 5.32 Å². The number of aliphatic imine (C=N–C) groups is 1. The lowest BCUT2D eigenvalue weighted by Gasteiger charge is -2.33. The number of anilines is 2. The second kappa shape index (κ2) is 6.20. The summed E-state index contributed by atoms with van der Waals surface area (Å²) >= 11 is 1.60.